The topological polar surface area (TPSA) is 15.3 Å². The third kappa shape index (κ3) is 5.27. The molecular formula is C11H24N2. The lowest BCUT2D eigenvalue weighted by Gasteiger charge is -2.19. The third-order valence-electron chi connectivity index (χ3n) is 2.81. The van der Waals surface area contributed by atoms with Crippen LogP contribution >= 0.6 is 0 Å². The minimum absolute atomic E-state index is 1.05. The molecule has 1 rings (SSSR count). The van der Waals surface area contributed by atoms with E-state index in [2.05, 4.69) is 17.1 Å². The van der Waals surface area contributed by atoms with E-state index >= 15 is 0 Å². The maximum atomic E-state index is 3.19. The Labute approximate surface area is 82.7 Å². The van der Waals surface area contributed by atoms with Crippen molar-refractivity contribution < 1.29 is 0 Å². The zero-order valence-corrected chi connectivity index (χ0v) is 9.18. The molecule has 2 nitrogen and oxygen atoms in total. The van der Waals surface area contributed by atoms with Crippen molar-refractivity contribution in [3.8, 4) is 0 Å². The van der Waals surface area contributed by atoms with Gasteiger partial charge in [0.2, 0.25) is 0 Å². The highest BCUT2D eigenvalue weighted by atomic mass is 15.1. The van der Waals surface area contributed by atoms with Crippen LogP contribution in [-0.4, -0.2) is 38.1 Å². The zero-order chi connectivity index (χ0) is 9.52. The van der Waals surface area contributed by atoms with Gasteiger partial charge in [-0.1, -0.05) is 6.92 Å². The molecule has 0 aromatic carbocycles. The van der Waals surface area contributed by atoms with Gasteiger partial charge >= 0.3 is 0 Å². The first-order valence-corrected chi connectivity index (χ1v) is 5.73. The van der Waals surface area contributed by atoms with Crippen LogP contribution in [0, 0.1) is 5.92 Å². The highest BCUT2D eigenvalue weighted by Gasteiger charge is 2.23. The Morgan fingerprint density at radius 2 is 2.08 bits per heavy atom. The smallest absolute Gasteiger partial charge is 0.000954 e. The van der Waals surface area contributed by atoms with E-state index in [-0.39, 0.29) is 0 Å². The summed E-state index contributed by atoms with van der Waals surface area (Å²) in [4.78, 5) is 2.60. The normalized spacial score (nSPS) is 16.8. The van der Waals surface area contributed by atoms with Gasteiger partial charge in [-0.25, -0.2) is 0 Å². The molecule has 0 amide bonds. The van der Waals surface area contributed by atoms with Gasteiger partial charge in [0.1, 0.15) is 0 Å². The molecule has 13 heavy (non-hydrogen) atoms. The third-order valence-corrected chi connectivity index (χ3v) is 2.81. The van der Waals surface area contributed by atoms with E-state index < -0.39 is 0 Å². The summed E-state index contributed by atoms with van der Waals surface area (Å²) in [7, 11) is 2.03. The lowest BCUT2D eigenvalue weighted by molar-refractivity contribution is 0.270. The SMILES string of the molecule is CCN(CCCCNC)CC1CC1. The number of rotatable bonds is 8. The molecule has 0 radical (unpaired) electrons. The van der Waals surface area contributed by atoms with E-state index in [0.717, 1.165) is 5.92 Å². The maximum Gasteiger partial charge on any atom is 0.000954 e. The van der Waals surface area contributed by atoms with Crippen LogP contribution in [0.25, 0.3) is 0 Å². The van der Waals surface area contributed by atoms with Gasteiger partial charge in [-0.05, 0) is 58.3 Å². The van der Waals surface area contributed by atoms with Crippen molar-refractivity contribution in [3.05, 3.63) is 0 Å². The first-order valence-electron chi connectivity index (χ1n) is 5.73. The highest BCUT2D eigenvalue weighted by Crippen LogP contribution is 2.29. The van der Waals surface area contributed by atoms with Crippen LogP contribution in [-0.2, 0) is 0 Å². The summed E-state index contributed by atoms with van der Waals surface area (Å²) < 4.78 is 0. The summed E-state index contributed by atoms with van der Waals surface area (Å²) >= 11 is 0. The van der Waals surface area contributed by atoms with Crippen LogP contribution < -0.4 is 5.32 Å². The molecule has 0 aromatic rings. The predicted octanol–water partition coefficient (Wildman–Crippen LogP) is 1.72. The Hall–Kier alpha value is -0.0800. The standard InChI is InChI=1S/C11H24N2/c1-3-13(10-11-6-7-11)9-5-4-8-12-2/h11-12H,3-10H2,1-2H3. The molecule has 1 N–H and O–H groups in total. The van der Waals surface area contributed by atoms with E-state index in [4.69, 9.17) is 0 Å². The van der Waals surface area contributed by atoms with Crippen LogP contribution in [0.3, 0.4) is 0 Å². The largest absolute Gasteiger partial charge is 0.320 e. The highest BCUT2D eigenvalue weighted by molar-refractivity contribution is 4.76. The molecule has 0 atom stereocenters. The van der Waals surface area contributed by atoms with Crippen LogP contribution in [0.2, 0.25) is 0 Å². The van der Waals surface area contributed by atoms with Crippen LogP contribution in [0.15, 0.2) is 0 Å². The van der Waals surface area contributed by atoms with Crippen molar-refractivity contribution in [1.29, 1.82) is 0 Å². The molecule has 1 saturated carbocycles. The Balaban J connectivity index is 1.94. The summed E-state index contributed by atoms with van der Waals surface area (Å²) in [5, 5.41) is 3.19. The molecule has 1 fully saturated rings. The summed E-state index contributed by atoms with van der Waals surface area (Å²) in [6.45, 7) is 7.34. The summed E-state index contributed by atoms with van der Waals surface area (Å²) in [6.07, 6.45) is 5.62. The van der Waals surface area contributed by atoms with E-state index in [0.29, 0.717) is 0 Å². The average Bonchev–Trinajstić information content (AvgIpc) is 2.94. The van der Waals surface area contributed by atoms with Crippen molar-refractivity contribution in [3.63, 3.8) is 0 Å². The number of unbranched alkanes of at least 4 members (excludes halogenated alkanes) is 1. The average molecular weight is 184 g/mol. The second-order valence-corrected chi connectivity index (χ2v) is 4.15. The Morgan fingerprint density at radius 3 is 2.62 bits per heavy atom. The van der Waals surface area contributed by atoms with E-state index in [1.165, 1.54) is 51.9 Å². The van der Waals surface area contributed by atoms with Crippen molar-refractivity contribution in [1.82, 2.24) is 10.2 Å². The molecule has 0 aliphatic heterocycles. The van der Waals surface area contributed by atoms with E-state index in [1.807, 2.05) is 7.05 Å². The zero-order valence-electron chi connectivity index (χ0n) is 9.18. The van der Waals surface area contributed by atoms with E-state index in [1.54, 1.807) is 0 Å². The lowest BCUT2D eigenvalue weighted by atomic mass is 10.2. The molecule has 0 spiro atoms. The first-order chi connectivity index (χ1) is 6.36. The molecule has 0 heterocycles. The molecule has 1 aliphatic carbocycles. The molecule has 2 heteroatoms. The number of hydrogen-bond acceptors (Lipinski definition) is 2. The van der Waals surface area contributed by atoms with Crippen molar-refractivity contribution in [2.24, 2.45) is 5.92 Å². The van der Waals surface area contributed by atoms with Gasteiger partial charge in [-0.2, -0.15) is 0 Å². The van der Waals surface area contributed by atoms with Gasteiger partial charge in [0, 0.05) is 6.54 Å². The lowest BCUT2D eigenvalue weighted by Crippen LogP contribution is -2.27. The quantitative estimate of drug-likeness (QED) is 0.578. The monoisotopic (exact) mass is 184 g/mol. The maximum absolute atomic E-state index is 3.19. The van der Waals surface area contributed by atoms with Crippen LogP contribution in [0.1, 0.15) is 32.6 Å². The summed E-state index contributed by atoms with van der Waals surface area (Å²) in [6, 6.07) is 0. The Bertz CT molecular complexity index is 121. The first kappa shape index (κ1) is 11.0. The van der Waals surface area contributed by atoms with Gasteiger partial charge in [-0.15, -0.1) is 0 Å². The van der Waals surface area contributed by atoms with Gasteiger partial charge in [0.15, 0.2) is 0 Å². The molecule has 0 saturated heterocycles. The Kier molecular flexibility index (Phi) is 5.40. The second kappa shape index (κ2) is 6.39. The number of hydrogen-bond donors (Lipinski definition) is 1. The summed E-state index contributed by atoms with van der Waals surface area (Å²) in [5.74, 6) is 1.05. The Morgan fingerprint density at radius 1 is 1.31 bits per heavy atom. The minimum Gasteiger partial charge on any atom is -0.320 e. The molecule has 0 unspecified atom stereocenters. The van der Waals surface area contributed by atoms with Gasteiger partial charge in [0.25, 0.3) is 0 Å². The molecule has 0 bridgehead atoms. The second-order valence-electron chi connectivity index (χ2n) is 4.15. The van der Waals surface area contributed by atoms with Gasteiger partial charge < -0.3 is 10.2 Å². The van der Waals surface area contributed by atoms with Crippen molar-refractivity contribution in [2.45, 2.75) is 32.6 Å². The summed E-state index contributed by atoms with van der Waals surface area (Å²) in [5.41, 5.74) is 0. The van der Waals surface area contributed by atoms with E-state index in [9.17, 15) is 0 Å². The fourth-order valence-electron chi connectivity index (χ4n) is 1.68. The molecule has 1 aliphatic rings. The molecule has 0 aromatic heterocycles. The predicted molar refractivity (Wildman–Crippen MR) is 58.0 cm³/mol. The number of nitrogens with one attached hydrogen (secondary N) is 1. The van der Waals surface area contributed by atoms with Crippen LogP contribution in [0.5, 0.6) is 0 Å². The van der Waals surface area contributed by atoms with Crippen molar-refractivity contribution >= 4 is 0 Å². The molecule has 78 valence electrons. The fourth-order valence-corrected chi connectivity index (χ4v) is 1.68. The number of nitrogens with zero attached hydrogens (tertiary/aromatic N) is 1. The molecular weight excluding hydrogens is 160 g/mol. The fraction of sp³-hybridized carbons (Fsp3) is 1.00. The van der Waals surface area contributed by atoms with Gasteiger partial charge in [-0.3, -0.25) is 0 Å². The van der Waals surface area contributed by atoms with Crippen LogP contribution in [0.4, 0.5) is 0 Å². The van der Waals surface area contributed by atoms with Crippen molar-refractivity contribution in [2.75, 3.05) is 33.2 Å². The minimum atomic E-state index is 1.05. The van der Waals surface area contributed by atoms with Gasteiger partial charge in [0.05, 0.1) is 0 Å².